The van der Waals surface area contributed by atoms with Gasteiger partial charge in [-0.1, -0.05) is 49.4 Å². The smallest absolute Gasteiger partial charge is 0.332 e. The molecule has 2 aromatic heterocycles. The summed E-state index contributed by atoms with van der Waals surface area (Å²) in [6.07, 6.45) is 3.75. The normalized spacial score (nSPS) is 15.6. The summed E-state index contributed by atoms with van der Waals surface area (Å²) in [4.78, 5) is 33.5. The van der Waals surface area contributed by atoms with E-state index < -0.39 is 0 Å². The van der Waals surface area contributed by atoms with E-state index in [1.54, 1.807) is 7.05 Å². The number of fused-ring (bicyclic) bond motifs is 3. The highest BCUT2D eigenvalue weighted by atomic mass is 16.5. The molecule has 0 amide bonds. The number of hydrogen-bond acceptors (Lipinski definition) is 5. The number of aromatic nitrogens is 4. The molecule has 4 aromatic rings. The second kappa shape index (κ2) is 9.29. The second-order valence-electron chi connectivity index (χ2n) is 8.91. The molecular weight excluding hydrogens is 442 g/mol. The van der Waals surface area contributed by atoms with Crippen LogP contribution in [0.2, 0.25) is 0 Å². The van der Waals surface area contributed by atoms with E-state index in [1.165, 1.54) is 9.13 Å². The van der Waals surface area contributed by atoms with Crippen molar-refractivity contribution in [2.45, 2.75) is 26.9 Å². The lowest BCUT2D eigenvalue weighted by Crippen LogP contribution is -2.40. The third kappa shape index (κ3) is 4.16. The van der Waals surface area contributed by atoms with E-state index in [-0.39, 0.29) is 23.7 Å². The number of nitrogens with zero attached hydrogens (tertiary/aromatic N) is 5. The van der Waals surface area contributed by atoms with E-state index in [4.69, 9.17) is 9.72 Å². The quantitative estimate of drug-likeness (QED) is 0.428. The number of allylic oxidation sites excluding steroid dienone is 1. The lowest BCUT2D eigenvalue weighted by molar-refractivity contribution is 0.340. The zero-order chi connectivity index (χ0) is 24.5. The van der Waals surface area contributed by atoms with Crippen molar-refractivity contribution in [3.63, 3.8) is 0 Å². The fourth-order valence-corrected chi connectivity index (χ4v) is 4.63. The molecule has 0 N–H and O–H groups in total. The Kier molecular flexibility index (Phi) is 6.03. The molecule has 0 aliphatic carbocycles. The number of hydrogen-bond donors (Lipinski definition) is 0. The number of imidazole rings is 1. The van der Waals surface area contributed by atoms with Gasteiger partial charge in [0.1, 0.15) is 5.75 Å². The van der Waals surface area contributed by atoms with E-state index >= 15 is 0 Å². The Labute approximate surface area is 203 Å². The van der Waals surface area contributed by atoms with Gasteiger partial charge in [0.15, 0.2) is 11.2 Å². The Morgan fingerprint density at radius 3 is 2.51 bits per heavy atom. The van der Waals surface area contributed by atoms with Gasteiger partial charge in [-0.25, -0.2) is 4.79 Å². The van der Waals surface area contributed by atoms with Crippen LogP contribution in [0, 0.1) is 5.92 Å². The molecule has 35 heavy (non-hydrogen) atoms. The molecule has 0 spiro atoms. The predicted molar refractivity (Wildman–Crippen MR) is 138 cm³/mol. The average molecular weight is 472 g/mol. The summed E-state index contributed by atoms with van der Waals surface area (Å²) < 4.78 is 10.3. The standard InChI is InChI=1S/C27H29N5O3/c1-4-35-22-14-12-21(13-15-22)31-17-19(2)18-32-23-24(28-26(31)32)29(3)27(34)30(25(23)33)16-8-11-20-9-6-5-7-10-20/h5-15,19H,4,16-18H2,1-3H3/b11-8+/t19-/m1/s1. The van der Waals surface area contributed by atoms with Crippen LogP contribution in [0.15, 0.2) is 70.3 Å². The van der Waals surface area contributed by atoms with Gasteiger partial charge in [-0.15, -0.1) is 0 Å². The number of benzene rings is 2. The van der Waals surface area contributed by atoms with Gasteiger partial charge >= 0.3 is 5.69 Å². The Bertz CT molecular complexity index is 1500. The van der Waals surface area contributed by atoms with Crippen LogP contribution in [-0.4, -0.2) is 31.8 Å². The fourth-order valence-electron chi connectivity index (χ4n) is 4.63. The van der Waals surface area contributed by atoms with Crippen LogP contribution < -0.4 is 20.9 Å². The van der Waals surface area contributed by atoms with E-state index in [1.807, 2.05) is 78.2 Å². The number of anilines is 2. The summed E-state index contributed by atoms with van der Waals surface area (Å²) in [5, 5.41) is 0. The molecule has 0 radical (unpaired) electrons. The van der Waals surface area contributed by atoms with Gasteiger partial charge in [0.25, 0.3) is 5.56 Å². The van der Waals surface area contributed by atoms with Crippen molar-refractivity contribution in [2.24, 2.45) is 13.0 Å². The first-order valence-corrected chi connectivity index (χ1v) is 11.9. The van der Waals surface area contributed by atoms with Crippen molar-refractivity contribution in [3.05, 3.63) is 87.1 Å². The Hall–Kier alpha value is -4.07. The highest BCUT2D eigenvalue weighted by molar-refractivity contribution is 5.77. The molecule has 0 saturated carbocycles. The summed E-state index contributed by atoms with van der Waals surface area (Å²) in [7, 11) is 1.67. The van der Waals surface area contributed by atoms with Crippen molar-refractivity contribution >= 4 is 28.9 Å². The number of ether oxygens (including phenoxy) is 1. The van der Waals surface area contributed by atoms with Crippen molar-refractivity contribution in [3.8, 4) is 5.75 Å². The topological polar surface area (TPSA) is 74.3 Å². The maximum Gasteiger partial charge on any atom is 0.332 e. The monoisotopic (exact) mass is 471 g/mol. The minimum Gasteiger partial charge on any atom is -0.494 e. The molecule has 3 heterocycles. The van der Waals surface area contributed by atoms with Crippen LogP contribution in [0.5, 0.6) is 5.75 Å². The maximum absolute atomic E-state index is 13.6. The molecule has 1 aliphatic rings. The minimum atomic E-state index is -0.378. The Morgan fingerprint density at radius 2 is 1.80 bits per heavy atom. The average Bonchev–Trinajstić information content (AvgIpc) is 3.25. The van der Waals surface area contributed by atoms with Crippen molar-refractivity contribution < 1.29 is 4.74 Å². The maximum atomic E-state index is 13.6. The van der Waals surface area contributed by atoms with Gasteiger partial charge in [-0.2, -0.15) is 4.98 Å². The van der Waals surface area contributed by atoms with Gasteiger partial charge in [-0.05, 0) is 42.7 Å². The third-order valence-electron chi connectivity index (χ3n) is 6.30. The highest BCUT2D eigenvalue weighted by Gasteiger charge is 2.29. The van der Waals surface area contributed by atoms with E-state index in [2.05, 4.69) is 11.8 Å². The summed E-state index contributed by atoms with van der Waals surface area (Å²) in [5.41, 5.74) is 2.14. The summed E-state index contributed by atoms with van der Waals surface area (Å²) >= 11 is 0. The summed E-state index contributed by atoms with van der Waals surface area (Å²) in [5.74, 6) is 1.77. The fraction of sp³-hybridized carbons (Fsp3) is 0.296. The van der Waals surface area contributed by atoms with Gasteiger partial charge in [0, 0.05) is 32.4 Å². The molecule has 0 fully saturated rings. The van der Waals surface area contributed by atoms with Crippen molar-refractivity contribution in [1.29, 1.82) is 0 Å². The minimum absolute atomic E-state index is 0.189. The zero-order valence-electron chi connectivity index (χ0n) is 20.2. The van der Waals surface area contributed by atoms with Crippen molar-refractivity contribution in [1.82, 2.24) is 18.7 Å². The molecule has 8 heteroatoms. The second-order valence-corrected chi connectivity index (χ2v) is 8.91. The van der Waals surface area contributed by atoms with E-state index in [9.17, 15) is 9.59 Å². The molecule has 0 unspecified atom stereocenters. The van der Waals surface area contributed by atoms with E-state index in [0.717, 1.165) is 23.5 Å². The van der Waals surface area contributed by atoms with Crippen LogP contribution >= 0.6 is 0 Å². The summed E-state index contributed by atoms with van der Waals surface area (Å²) in [6.45, 7) is 6.33. The zero-order valence-corrected chi connectivity index (χ0v) is 20.2. The SMILES string of the molecule is CCOc1ccc(N2C[C@@H](C)Cn3c2nc2c3c(=O)n(C/C=C/c3ccccc3)c(=O)n2C)cc1. The van der Waals surface area contributed by atoms with E-state index in [0.29, 0.717) is 30.3 Å². The third-order valence-corrected chi connectivity index (χ3v) is 6.30. The Morgan fingerprint density at radius 1 is 1.06 bits per heavy atom. The van der Waals surface area contributed by atoms with Gasteiger partial charge < -0.3 is 14.2 Å². The molecule has 8 nitrogen and oxygen atoms in total. The first-order valence-electron chi connectivity index (χ1n) is 11.9. The highest BCUT2D eigenvalue weighted by Crippen LogP contribution is 2.33. The van der Waals surface area contributed by atoms with Gasteiger partial charge in [0.2, 0.25) is 5.95 Å². The molecule has 180 valence electrons. The van der Waals surface area contributed by atoms with Crippen molar-refractivity contribution in [2.75, 3.05) is 18.1 Å². The summed E-state index contributed by atoms with van der Waals surface area (Å²) in [6, 6.07) is 17.7. The molecule has 0 bridgehead atoms. The number of aryl methyl sites for hydroxylation is 1. The molecule has 2 aromatic carbocycles. The first-order chi connectivity index (χ1) is 17.0. The van der Waals surface area contributed by atoms with Crippen LogP contribution in [-0.2, 0) is 20.1 Å². The van der Waals surface area contributed by atoms with Crippen LogP contribution in [0.4, 0.5) is 11.6 Å². The lowest BCUT2D eigenvalue weighted by atomic mass is 10.1. The molecule has 1 aliphatic heterocycles. The first kappa shape index (κ1) is 22.7. The predicted octanol–water partition coefficient (Wildman–Crippen LogP) is 3.80. The van der Waals surface area contributed by atoms with Gasteiger partial charge in [0.05, 0.1) is 6.61 Å². The molecule has 5 rings (SSSR count). The Balaban J connectivity index is 1.58. The largest absolute Gasteiger partial charge is 0.494 e. The molecular formula is C27H29N5O3. The van der Waals surface area contributed by atoms with Gasteiger partial charge in [-0.3, -0.25) is 13.9 Å². The molecule has 1 atom stereocenters. The van der Waals surface area contributed by atoms with Crippen LogP contribution in [0.3, 0.4) is 0 Å². The number of rotatable bonds is 6. The lowest BCUT2D eigenvalue weighted by Gasteiger charge is -2.33. The molecule has 0 saturated heterocycles. The van der Waals surface area contributed by atoms with Crippen LogP contribution in [0.1, 0.15) is 19.4 Å². The van der Waals surface area contributed by atoms with Crippen LogP contribution in [0.25, 0.3) is 17.2 Å².